The van der Waals surface area contributed by atoms with Gasteiger partial charge in [-0.2, -0.15) is 0 Å². The maximum absolute atomic E-state index is 11.8. The molecule has 0 amide bonds. The molecular formula is C23H30IN5O2S. The Labute approximate surface area is 207 Å². The second-order valence-electron chi connectivity index (χ2n) is 7.70. The minimum Gasteiger partial charge on any atom is -0.363 e. The number of aliphatic imine (C=N–C) groups is 1. The van der Waals surface area contributed by atoms with Crippen molar-refractivity contribution in [1.29, 1.82) is 0 Å². The second-order valence-corrected chi connectivity index (χ2v) is 9.69. The lowest BCUT2D eigenvalue weighted by atomic mass is 10.1. The zero-order chi connectivity index (χ0) is 22.6. The zero-order valence-corrected chi connectivity index (χ0v) is 22.2. The van der Waals surface area contributed by atoms with Crippen LogP contribution in [0, 0.1) is 6.92 Å². The van der Waals surface area contributed by atoms with Crippen LogP contribution in [0.1, 0.15) is 16.7 Å². The maximum Gasteiger partial charge on any atom is 0.191 e. The number of nitrogens with zero attached hydrogens (tertiary/aromatic N) is 3. The number of para-hydroxylation sites is 1. The van der Waals surface area contributed by atoms with Gasteiger partial charge < -0.3 is 15.5 Å². The summed E-state index contributed by atoms with van der Waals surface area (Å²) in [7, 11) is 2.46. The van der Waals surface area contributed by atoms with E-state index >= 15 is 0 Å². The maximum atomic E-state index is 11.8. The Bertz CT molecular complexity index is 1230. The summed E-state index contributed by atoms with van der Waals surface area (Å²) in [6.45, 7) is 2.93. The highest BCUT2D eigenvalue weighted by atomic mass is 127. The van der Waals surface area contributed by atoms with E-state index in [0.717, 1.165) is 33.4 Å². The Balaban J connectivity index is 0.00000363. The molecule has 0 atom stereocenters. The fraction of sp³-hybridized carbons (Fsp3) is 0.304. The first-order valence-electron chi connectivity index (χ1n) is 9.99. The molecule has 7 nitrogen and oxygen atoms in total. The molecule has 3 aromatic rings. The molecule has 0 aliphatic rings. The van der Waals surface area contributed by atoms with Gasteiger partial charge in [-0.3, -0.25) is 4.99 Å². The SMILES string of the molecule is CN=C(NCc1ccc(S(C)(=O)=O)c(C)c1)NCc1cc(N(C)C)nc2ccccc12.I. The Kier molecular flexibility index (Phi) is 8.85. The predicted molar refractivity (Wildman–Crippen MR) is 143 cm³/mol. The van der Waals surface area contributed by atoms with Crippen molar-refractivity contribution in [3.05, 3.63) is 65.2 Å². The number of hydrogen-bond acceptors (Lipinski definition) is 5. The Hall–Kier alpha value is -2.40. The van der Waals surface area contributed by atoms with Crippen molar-refractivity contribution in [3.63, 3.8) is 0 Å². The summed E-state index contributed by atoms with van der Waals surface area (Å²) in [4.78, 5) is 11.4. The van der Waals surface area contributed by atoms with Gasteiger partial charge in [-0.1, -0.05) is 30.3 Å². The van der Waals surface area contributed by atoms with Crippen molar-refractivity contribution in [2.24, 2.45) is 4.99 Å². The van der Waals surface area contributed by atoms with Crippen molar-refractivity contribution in [3.8, 4) is 0 Å². The fourth-order valence-corrected chi connectivity index (χ4v) is 4.39. The molecule has 3 rings (SSSR count). The number of pyridine rings is 1. The molecule has 0 fully saturated rings. The highest BCUT2D eigenvalue weighted by molar-refractivity contribution is 14.0. The molecule has 2 aromatic carbocycles. The molecular weight excluding hydrogens is 537 g/mol. The minimum atomic E-state index is -3.22. The van der Waals surface area contributed by atoms with Crippen LogP contribution in [0.15, 0.2) is 58.4 Å². The van der Waals surface area contributed by atoms with E-state index in [1.165, 1.54) is 6.26 Å². The van der Waals surface area contributed by atoms with E-state index in [-0.39, 0.29) is 24.0 Å². The molecule has 0 unspecified atom stereocenters. The van der Waals surface area contributed by atoms with E-state index in [1.807, 2.05) is 56.3 Å². The third-order valence-electron chi connectivity index (χ3n) is 5.02. The molecule has 0 saturated carbocycles. The third kappa shape index (κ3) is 6.32. The molecule has 1 aromatic heterocycles. The topological polar surface area (TPSA) is 86.7 Å². The highest BCUT2D eigenvalue weighted by Gasteiger charge is 2.11. The lowest BCUT2D eigenvalue weighted by molar-refractivity contribution is 0.601. The van der Waals surface area contributed by atoms with Gasteiger partial charge in [0.25, 0.3) is 0 Å². The molecule has 0 radical (unpaired) electrons. The lowest BCUT2D eigenvalue weighted by Crippen LogP contribution is -2.36. The smallest absolute Gasteiger partial charge is 0.191 e. The standard InChI is InChI=1S/C23H29N5O2S.HI/c1-16-12-17(10-11-21(16)31(5,29)30)14-25-23(24-2)26-15-18-13-22(28(3)4)27-20-9-7-6-8-19(18)20;/h6-13H,14-15H2,1-5H3,(H2,24,25,26);1H. The first kappa shape index (κ1) is 25.9. The van der Waals surface area contributed by atoms with E-state index in [0.29, 0.717) is 23.9 Å². The number of aromatic nitrogens is 1. The first-order chi connectivity index (χ1) is 14.7. The summed E-state index contributed by atoms with van der Waals surface area (Å²) in [6.07, 6.45) is 1.23. The van der Waals surface area contributed by atoms with Crippen LogP contribution in [0.4, 0.5) is 5.82 Å². The van der Waals surface area contributed by atoms with E-state index in [4.69, 9.17) is 4.98 Å². The summed E-state index contributed by atoms with van der Waals surface area (Å²) in [5, 5.41) is 7.75. The molecule has 0 aliphatic heterocycles. The zero-order valence-electron chi connectivity index (χ0n) is 19.0. The molecule has 0 bridgehead atoms. The van der Waals surface area contributed by atoms with E-state index < -0.39 is 9.84 Å². The number of nitrogens with one attached hydrogen (secondary N) is 2. The number of halogens is 1. The Morgan fingerprint density at radius 3 is 2.38 bits per heavy atom. The molecule has 32 heavy (non-hydrogen) atoms. The summed E-state index contributed by atoms with van der Waals surface area (Å²) in [6, 6.07) is 15.5. The van der Waals surface area contributed by atoms with Crippen LogP contribution in [0.5, 0.6) is 0 Å². The van der Waals surface area contributed by atoms with Gasteiger partial charge in [0.15, 0.2) is 15.8 Å². The first-order valence-corrected chi connectivity index (χ1v) is 11.9. The lowest BCUT2D eigenvalue weighted by Gasteiger charge is -2.17. The average Bonchev–Trinajstić information content (AvgIpc) is 2.72. The van der Waals surface area contributed by atoms with Crippen molar-refractivity contribution in [2.75, 3.05) is 32.3 Å². The number of benzene rings is 2. The summed E-state index contributed by atoms with van der Waals surface area (Å²) >= 11 is 0. The largest absolute Gasteiger partial charge is 0.363 e. The normalized spacial score (nSPS) is 11.7. The molecule has 0 spiro atoms. The molecule has 172 valence electrons. The number of anilines is 1. The average molecular weight is 567 g/mol. The Morgan fingerprint density at radius 1 is 1.06 bits per heavy atom. The third-order valence-corrected chi connectivity index (χ3v) is 6.27. The molecule has 9 heteroatoms. The molecule has 1 heterocycles. The van der Waals surface area contributed by atoms with Gasteiger partial charge in [-0.25, -0.2) is 13.4 Å². The van der Waals surface area contributed by atoms with Gasteiger partial charge in [-0.15, -0.1) is 24.0 Å². The van der Waals surface area contributed by atoms with Gasteiger partial charge in [0.1, 0.15) is 5.82 Å². The molecule has 2 N–H and O–H groups in total. The highest BCUT2D eigenvalue weighted by Crippen LogP contribution is 2.22. The van der Waals surface area contributed by atoms with Crippen LogP contribution in [-0.4, -0.2) is 46.8 Å². The number of fused-ring (bicyclic) bond motifs is 1. The fourth-order valence-electron chi connectivity index (χ4n) is 3.43. The number of guanidine groups is 1. The Morgan fingerprint density at radius 2 is 1.75 bits per heavy atom. The van der Waals surface area contributed by atoms with Crippen LogP contribution in [0.2, 0.25) is 0 Å². The van der Waals surface area contributed by atoms with Crippen LogP contribution < -0.4 is 15.5 Å². The minimum absolute atomic E-state index is 0. The molecule has 0 aliphatic carbocycles. The summed E-state index contributed by atoms with van der Waals surface area (Å²) < 4.78 is 23.6. The van der Waals surface area contributed by atoms with Crippen molar-refractivity contribution in [2.45, 2.75) is 24.9 Å². The number of aryl methyl sites for hydroxylation is 1. The predicted octanol–water partition coefficient (Wildman–Crippen LogP) is 3.50. The number of hydrogen-bond donors (Lipinski definition) is 2. The quantitative estimate of drug-likeness (QED) is 0.270. The van der Waals surface area contributed by atoms with Gasteiger partial charge in [0.05, 0.1) is 10.4 Å². The van der Waals surface area contributed by atoms with Crippen LogP contribution in [0.3, 0.4) is 0 Å². The van der Waals surface area contributed by atoms with Gasteiger partial charge in [-0.05, 0) is 41.8 Å². The summed E-state index contributed by atoms with van der Waals surface area (Å²) in [5.41, 5.74) is 3.81. The number of sulfone groups is 1. The van der Waals surface area contributed by atoms with Crippen LogP contribution in [0.25, 0.3) is 10.9 Å². The van der Waals surface area contributed by atoms with Crippen LogP contribution >= 0.6 is 24.0 Å². The van der Waals surface area contributed by atoms with Crippen molar-refractivity contribution >= 4 is 56.5 Å². The van der Waals surface area contributed by atoms with Gasteiger partial charge >= 0.3 is 0 Å². The van der Waals surface area contributed by atoms with E-state index in [9.17, 15) is 8.42 Å². The summed E-state index contributed by atoms with van der Waals surface area (Å²) in [5.74, 6) is 1.57. The second kappa shape index (κ2) is 11.0. The van der Waals surface area contributed by atoms with Crippen molar-refractivity contribution in [1.82, 2.24) is 15.6 Å². The monoisotopic (exact) mass is 567 g/mol. The van der Waals surface area contributed by atoms with Crippen molar-refractivity contribution < 1.29 is 8.42 Å². The molecule has 0 saturated heterocycles. The van der Waals surface area contributed by atoms with E-state index in [2.05, 4.69) is 27.8 Å². The number of rotatable bonds is 6. The van der Waals surface area contributed by atoms with Crippen LogP contribution in [-0.2, 0) is 22.9 Å². The van der Waals surface area contributed by atoms with E-state index in [1.54, 1.807) is 13.1 Å². The van der Waals surface area contributed by atoms with Gasteiger partial charge in [0, 0.05) is 45.9 Å². The van der Waals surface area contributed by atoms with Gasteiger partial charge in [0.2, 0.25) is 0 Å².